The Hall–Kier alpha value is -2.70. The van der Waals surface area contributed by atoms with Crippen molar-refractivity contribution in [2.45, 2.75) is 19.4 Å². The van der Waals surface area contributed by atoms with Crippen molar-refractivity contribution in [2.24, 2.45) is 0 Å². The van der Waals surface area contributed by atoms with Crippen molar-refractivity contribution < 1.29 is 14.7 Å². The van der Waals surface area contributed by atoms with Crippen LogP contribution in [0.15, 0.2) is 53.9 Å². The van der Waals surface area contributed by atoms with Crippen LogP contribution in [0.4, 0.5) is 0 Å². The third kappa shape index (κ3) is 4.72. The average molecular weight is 401 g/mol. The molecule has 1 amide bonds. The number of benzene rings is 2. The van der Waals surface area contributed by atoms with Crippen molar-refractivity contribution in [3.05, 3.63) is 75.8 Å². The minimum atomic E-state index is -1.10. The molecule has 0 saturated heterocycles. The first-order valence-electron chi connectivity index (χ1n) is 8.23. The molecule has 1 atom stereocenters. The van der Waals surface area contributed by atoms with E-state index in [2.05, 4.69) is 10.3 Å². The van der Waals surface area contributed by atoms with Crippen LogP contribution in [0.1, 0.15) is 21.6 Å². The second-order valence-electron chi connectivity index (χ2n) is 6.05. The quantitative estimate of drug-likeness (QED) is 0.650. The molecule has 0 aliphatic rings. The van der Waals surface area contributed by atoms with E-state index in [0.29, 0.717) is 5.02 Å². The van der Waals surface area contributed by atoms with Gasteiger partial charge < -0.3 is 10.4 Å². The van der Waals surface area contributed by atoms with E-state index >= 15 is 0 Å². The molecule has 5 nitrogen and oxygen atoms in total. The molecule has 0 bridgehead atoms. The molecular formula is C20H17ClN2O3S. The fourth-order valence-corrected chi connectivity index (χ4v) is 3.62. The van der Waals surface area contributed by atoms with Crippen molar-refractivity contribution >= 4 is 34.8 Å². The van der Waals surface area contributed by atoms with Crippen LogP contribution in [0.2, 0.25) is 5.02 Å². The van der Waals surface area contributed by atoms with Gasteiger partial charge in [-0.25, -0.2) is 9.78 Å². The van der Waals surface area contributed by atoms with Crippen LogP contribution >= 0.6 is 22.9 Å². The third-order valence-electron chi connectivity index (χ3n) is 4.07. The number of nitrogens with one attached hydrogen (secondary N) is 1. The van der Waals surface area contributed by atoms with Gasteiger partial charge in [0.2, 0.25) is 0 Å². The Morgan fingerprint density at radius 1 is 1.19 bits per heavy atom. The molecule has 138 valence electrons. The fraction of sp³-hybridized carbons (Fsp3) is 0.150. The number of hydrogen-bond donors (Lipinski definition) is 2. The zero-order valence-electron chi connectivity index (χ0n) is 14.5. The zero-order valence-corrected chi connectivity index (χ0v) is 16.1. The number of rotatable bonds is 6. The van der Waals surface area contributed by atoms with Crippen LogP contribution in [0, 0.1) is 6.92 Å². The topological polar surface area (TPSA) is 79.3 Å². The standard InChI is InChI=1S/C20H17ClN2O3S/c1-12-4-2-3-5-15(12)19-23-17(11-27-19)18(24)22-16(20(25)26)10-13-6-8-14(21)9-7-13/h2-9,11,16H,10H2,1H3,(H,22,24)(H,25,26)/t16-/m0/s1. The number of hydrogen-bond acceptors (Lipinski definition) is 4. The Morgan fingerprint density at radius 3 is 2.56 bits per heavy atom. The molecular weight excluding hydrogens is 384 g/mol. The summed E-state index contributed by atoms with van der Waals surface area (Å²) >= 11 is 7.20. The summed E-state index contributed by atoms with van der Waals surface area (Å²) in [6.45, 7) is 1.98. The molecule has 0 fully saturated rings. The number of aryl methyl sites for hydroxylation is 1. The normalized spacial score (nSPS) is 11.8. The van der Waals surface area contributed by atoms with Gasteiger partial charge in [0.15, 0.2) is 0 Å². The van der Waals surface area contributed by atoms with Gasteiger partial charge in [0, 0.05) is 22.4 Å². The van der Waals surface area contributed by atoms with Gasteiger partial charge in [0.1, 0.15) is 16.7 Å². The summed E-state index contributed by atoms with van der Waals surface area (Å²) in [5, 5.41) is 14.9. The predicted molar refractivity (Wildman–Crippen MR) is 106 cm³/mol. The van der Waals surface area contributed by atoms with Gasteiger partial charge in [-0.3, -0.25) is 4.79 Å². The maximum atomic E-state index is 12.5. The Bertz CT molecular complexity index is 969. The van der Waals surface area contributed by atoms with E-state index in [0.717, 1.165) is 21.7 Å². The number of nitrogens with zero attached hydrogens (tertiary/aromatic N) is 1. The highest BCUT2D eigenvalue weighted by Crippen LogP contribution is 2.26. The Kier molecular flexibility index (Phi) is 5.88. The molecule has 3 aromatic rings. The number of thiazole rings is 1. The van der Waals surface area contributed by atoms with Gasteiger partial charge >= 0.3 is 5.97 Å². The lowest BCUT2D eigenvalue weighted by Gasteiger charge is -2.14. The number of halogens is 1. The molecule has 0 aliphatic carbocycles. The van der Waals surface area contributed by atoms with E-state index < -0.39 is 17.9 Å². The van der Waals surface area contributed by atoms with Crippen LogP contribution in [0.25, 0.3) is 10.6 Å². The molecule has 1 heterocycles. The first kappa shape index (κ1) is 19.1. The molecule has 3 rings (SSSR count). The second-order valence-corrected chi connectivity index (χ2v) is 7.34. The van der Waals surface area contributed by atoms with Crippen LogP contribution < -0.4 is 5.32 Å². The van der Waals surface area contributed by atoms with E-state index in [4.69, 9.17) is 11.6 Å². The molecule has 0 radical (unpaired) electrons. The highest BCUT2D eigenvalue weighted by molar-refractivity contribution is 7.13. The number of aliphatic carboxylic acids is 1. The smallest absolute Gasteiger partial charge is 0.326 e. The summed E-state index contributed by atoms with van der Waals surface area (Å²) in [6, 6.07) is 13.6. The predicted octanol–water partition coefficient (Wildman–Crippen LogP) is 4.20. The summed E-state index contributed by atoms with van der Waals surface area (Å²) in [4.78, 5) is 28.4. The van der Waals surface area contributed by atoms with Crippen molar-refractivity contribution in [1.29, 1.82) is 0 Å². The summed E-state index contributed by atoms with van der Waals surface area (Å²) in [5.41, 5.74) is 2.99. The molecule has 1 aromatic heterocycles. The van der Waals surface area contributed by atoms with E-state index in [1.54, 1.807) is 29.6 Å². The maximum Gasteiger partial charge on any atom is 0.326 e. The monoisotopic (exact) mass is 400 g/mol. The first-order chi connectivity index (χ1) is 12.9. The maximum absolute atomic E-state index is 12.5. The molecule has 27 heavy (non-hydrogen) atoms. The summed E-state index contributed by atoms with van der Waals surface area (Å²) in [7, 11) is 0. The van der Waals surface area contributed by atoms with E-state index in [-0.39, 0.29) is 12.1 Å². The lowest BCUT2D eigenvalue weighted by molar-refractivity contribution is -0.139. The summed E-state index contributed by atoms with van der Waals surface area (Å²) < 4.78 is 0. The van der Waals surface area contributed by atoms with Gasteiger partial charge in [-0.2, -0.15) is 0 Å². The number of amides is 1. The lowest BCUT2D eigenvalue weighted by atomic mass is 10.1. The SMILES string of the molecule is Cc1ccccc1-c1nc(C(=O)N[C@@H](Cc2ccc(Cl)cc2)C(=O)O)cs1. The van der Waals surface area contributed by atoms with Crippen molar-refractivity contribution in [3.63, 3.8) is 0 Å². The molecule has 2 aromatic carbocycles. The van der Waals surface area contributed by atoms with Gasteiger partial charge in [-0.05, 0) is 30.2 Å². The van der Waals surface area contributed by atoms with Crippen LogP contribution in [0.3, 0.4) is 0 Å². The highest BCUT2D eigenvalue weighted by atomic mass is 35.5. The number of carbonyl (C=O) groups is 2. The van der Waals surface area contributed by atoms with Crippen molar-refractivity contribution in [1.82, 2.24) is 10.3 Å². The van der Waals surface area contributed by atoms with Crippen LogP contribution in [0.5, 0.6) is 0 Å². The van der Waals surface area contributed by atoms with Crippen LogP contribution in [-0.4, -0.2) is 28.0 Å². The van der Waals surface area contributed by atoms with Gasteiger partial charge in [0.25, 0.3) is 5.91 Å². The molecule has 0 spiro atoms. The largest absolute Gasteiger partial charge is 0.480 e. The van der Waals surface area contributed by atoms with Crippen molar-refractivity contribution in [2.75, 3.05) is 0 Å². The molecule has 0 unspecified atom stereocenters. The third-order valence-corrected chi connectivity index (χ3v) is 5.20. The average Bonchev–Trinajstić information content (AvgIpc) is 3.13. The minimum Gasteiger partial charge on any atom is -0.480 e. The Morgan fingerprint density at radius 2 is 1.89 bits per heavy atom. The van der Waals surface area contributed by atoms with Crippen LogP contribution in [-0.2, 0) is 11.2 Å². The number of aromatic nitrogens is 1. The molecule has 0 saturated carbocycles. The fourth-order valence-electron chi connectivity index (χ4n) is 2.60. The number of carbonyl (C=O) groups excluding carboxylic acids is 1. The van der Waals surface area contributed by atoms with Crippen molar-refractivity contribution in [3.8, 4) is 10.6 Å². The van der Waals surface area contributed by atoms with E-state index in [9.17, 15) is 14.7 Å². The van der Waals surface area contributed by atoms with E-state index in [1.807, 2.05) is 31.2 Å². The summed E-state index contributed by atoms with van der Waals surface area (Å²) in [5.74, 6) is -1.61. The highest BCUT2D eigenvalue weighted by Gasteiger charge is 2.22. The Balaban J connectivity index is 1.74. The number of carboxylic acid groups (broad SMARTS) is 1. The van der Waals surface area contributed by atoms with Gasteiger partial charge in [0.05, 0.1) is 0 Å². The minimum absolute atomic E-state index is 0.160. The summed E-state index contributed by atoms with van der Waals surface area (Å²) in [6.07, 6.45) is 0.160. The zero-order chi connectivity index (χ0) is 19.4. The van der Waals surface area contributed by atoms with Gasteiger partial charge in [-0.15, -0.1) is 11.3 Å². The molecule has 0 aliphatic heterocycles. The van der Waals surface area contributed by atoms with E-state index in [1.165, 1.54) is 11.3 Å². The number of carboxylic acids is 1. The van der Waals surface area contributed by atoms with Gasteiger partial charge in [-0.1, -0.05) is 48.0 Å². The molecule has 7 heteroatoms. The first-order valence-corrected chi connectivity index (χ1v) is 9.49. The lowest BCUT2D eigenvalue weighted by Crippen LogP contribution is -2.42. The second kappa shape index (κ2) is 8.33. The molecule has 2 N–H and O–H groups in total. The Labute approximate surface area is 165 Å².